The smallest absolute Gasteiger partial charge is 0.0705 e. The molecule has 27 heavy (non-hydrogen) atoms. The molecule has 0 N–H and O–H groups in total. The van der Waals surface area contributed by atoms with Crippen molar-refractivity contribution in [3.63, 3.8) is 0 Å². The van der Waals surface area contributed by atoms with Crippen LogP contribution in [0.1, 0.15) is 65.5 Å². The van der Waals surface area contributed by atoms with Crippen LogP contribution in [-0.4, -0.2) is 4.98 Å². The summed E-state index contributed by atoms with van der Waals surface area (Å²) in [6.07, 6.45) is 1.82. The minimum absolute atomic E-state index is 0.0215. The van der Waals surface area contributed by atoms with Gasteiger partial charge in [0.1, 0.15) is 0 Å². The molecular weight excluding hydrogens is 326 g/mol. The van der Waals surface area contributed by atoms with Crippen molar-refractivity contribution in [2.75, 3.05) is 0 Å². The summed E-state index contributed by atoms with van der Waals surface area (Å²) in [6, 6.07) is 19.5. The van der Waals surface area contributed by atoms with Gasteiger partial charge in [-0.15, -0.1) is 0 Å². The third-order valence-electron chi connectivity index (χ3n) is 6.78. The van der Waals surface area contributed by atoms with Crippen LogP contribution in [0.5, 0.6) is 0 Å². The maximum Gasteiger partial charge on any atom is 0.0705 e. The van der Waals surface area contributed by atoms with Crippen LogP contribution in [0.2, 0.25) is 0 Å². The fourth-order valence-electron chi connectivity index (χ4n) is 4.31. The van der Waals surface area contributed by atoms with E-state index in [1.54, 1.807) is 0 Å². The molecule has 1 heteroatoms. The van der Waals surface area contributed by atoms with E-state index in [2.05, 4.69) is 81.2 Å². The number of nitrogens with zero attached hydrogens (tertiary/aromatic N) is 1. The molecule has 1 heterocycles. The highest BCUT2D eigenvalue weighted by Gasteiger charge is 2.45. The van der Waals surface area contributed by atoms with Crippen LogP contribution in [0.3, 0.4) is 0 Å². The summed E-state index contributed by atoms with van der Waals surface area (Å²) >= 11 is 0. The van der Waals surface area contributed by atoms with Gasteiger partial charge >= 0.3 is 0 Å². The van der Waals surface area contributed by atoms with Gasteiger partial charge in [-0.1, -0.05) is 77.9 Å². The van der Waals surface area contributed by atoms with E-state index < -0.39 is 5.89 Å². The number of pyridine rings is 1. The molecule has 0 amide bonds. The predicted molar refractivity (Wildman–Crippen MR) is 115 cm³/mol. The highest BCUT2D eigenvalue weighted by Crippen LogP contribution is 2.54. The Hall–Kier alpha value is -2.41. The first-order chi connectivity index (χ1) is 13.0. The van der Waals surface area contributed by atoms with Gasteiger partial charge in [0.2, 0.25) is 0 Å². The molecule has 0 unspecified atom stereocenters. The van der Waals surface area contributed by atoms with Crippen molar-refractivity contribution < 1.29 is 1.37 Å². The Labute approximate surface area is 164 Å². The van der Waals surface area contributed by atoms with Crippen molar-refractivity contribution in [2.45, 2.75) is 58.3 Å². The monoisotopic (exact) mass is 356 g/mol. The summed E-state index contributed by atoms with van der Waals surface area (Å²) in [5.41, 5.74) is 8.50. The normalized spacial score (nSPS) is 17.6. The van der Waals surface area contributed by atoms with Crippen molar-refractivity contribution in [3.05, 3.63) is 77.5 Å². The molecule has 1 nitrogen and oxygen atoms in total. The third-order valence-corrected chi connectivity index (χ3v) is 6.78. The molecule has 1 aliphatic rings. The molecule has 0 atom stereocenters. The van der Waals surface area contributed by atoms with Crippen molar-refractivity contribution >= 4 is 0 Å². The number of hydrogen-bond acceptors (Lipinski definition) is 1. The Morgan fingerprint density at radius 2 is 1.48 bits per heavy atom. The Morgan fingerprint density at radius 1 is 0.815 bits per heavy atom. The van der Waals surface area contributed by atoms with E-state index in [-0.39, 0.29) is 10.8 Å². The lowest BCUT2D eigenvalue weighted by atomic mass is 9.55. The van der Waals surface area contributed by atoms with E-state index in [1.165, 1.54) is 22.3 Å². The standard InChI is InChI=1S/C26H29N/c1-17(2)18-13-14-27-24(16-18)19-11-12-23-21(15-19)20-9-7-8-10-22(20)25(3,4)26(23,5)6/h7-17H,1-6H3/i17D. The van der Waals surface area contributed by atoms with Crippen molar-refractivity contribution in [3.8, 4) is 22.4 Å². The molecule has 0 fully saturated rings. The van der Waals surface area contributed by atoms with Gasteiger partial charge in [-0.05, 0) is 62.7 Å². The minimum atomic E-state index is -0.634. The zero-order valence-electron chi connectivity index (χ0n) is 18.2. The molecule has 0 aliphatic heterocycles. The lowest BCUT2D eigenvalue weighted by Gasteiger charge is -2.48. The first-order valence-electron chi connectivity index (χ1n) is 10.2. The largest absolute Gasteiger partial charge is 0.256 e. The summed E-state index contributed by atoms with van der Waals surface area (Å²) < 4.78 is 8.35. The SMILES string of the molecule is [2H]C(C)(C)c1ccnc(-c2ccc3c(c2)-c2ccccc2C(C)(C)C3(C)C)c1. The molecule has 4 rings (SSSR count). The number of aromatic nitrogens is 1. The van der Waals surface area contributed by atoms with Gasteiger partial charge in [0.25, 0.3) is 0 Å². The zero-order chi connectivity index (χ0) is 20.3. The molecule has 138 valence electrons. The second-order valence-corrected chi connectivity index (χ2v) is 8.99. The van der Waals surface area contributed by atoms with E-state index in [1.807, 2.05) is 26.1 Å². The Bertz CT molecular complexity index is 1050. The summed E-state index contributed by atoms with van der Waals surface area (Å²) in [5, 5.41) is 0. The van der Waals surface area contributed by atoms with Gasteiger partial charge in [-0.3, -0.25) is 4.98 Å². The minimum Gasteiger partial charge on any atom is -0.256 e. The summed E-state index contributed by atoms with van der Waals surface area (Å²) in [6.45, 7) is 13.2. The topological polar surface area (TPSA) is 12.9 Å². The average Bonchev–Trinajstić information content (AvgIpc) is 2.66. The van der Waals surface area contributed by atoms with Gasteiger partial charge in [0, 0.05) is 13.1 Å². The number of fused-ring (bicyclic) bond motifs is 3. The second-order valence-electron chi connectivity index (χ2n) is 8.99. The molecule has 0 saturated heterocycles. The van der Waals surface area contributed by atoms with Crippen LogP contribution >= 0.6 is 0 Å². The summed E-state index contributed by atoms with van der Waals surface area (Å²) in [7, 11) is 0. The van der Waals surface area contributed by atoms with Crippen LogP contribution in [0.25, 0.3) is 22.4 Å². The fraction of sp³-hybridized carbons (Fsp3) is 0.346. The molecule has 1 aliphatic carbocycles. The Balaban J connectivity index is 1.93. The highest BCUT2D eigenvalue weighted by molar-refractivity contribution is 5.81. The molecule has 0 radical (unpaired) electrons. The van der Waals surface area contributed by atoms with Gasteiger partial charge in [-0.2, -0.15) is 0 Å². The zero-order valence-corrected chi connectivity index (χ0v) is 17.2. The van der Waals surface area contributed by atoms with E-state index in [0.29, 0.717) is 0 Å². The van der Waals surface area contributed by atoms with Crippen molar-refractivity contribution in [1.82, 2.24) is 4.98 Å². The first-order valence-corrected chi connectivity index (χ1v) is 9.75. The molecule has 0 saturated carbocycles. The lowest BCUT2D eigenvalue weighted by molar-refractivity contribution is 0.299. The van der Waals surface area contributed by atoms with E-state index >= 15 is 0 Å². The highest BCUT2D eigenvalue weighted by atomic mass is 14.7. The van der Waals surface area contributed by atoms with Gasteiger partial charge in [0.05, 0.1) is 5.69 Å². The fourth-order valence-corrected chi connectivity index (χ4v) is 4.31. The van der Waals surface area contributed by atoms with Crippen LogP contribution in [0.4, 0.5) is 0 Å². The maximum absolute atomic E-state index is 8.35. The molecule has 3 aromatic rings. The maximum atomic E-state index is 8.35. The molecule has 2 aromatic carbocycles. The van der Waals surface area contributed by atoms with Gasteiger partial charge in [0.15, 0.2) is 0 Å². The second kappa shape index (κ2) is 6.05. The van der Waals surface area contributed by atoms with Crippen LogP contribution in [-0.2, 0) is 10.8 Å². The van der Waals surface area contributed by atoms with Crippen molar-refractivity contribution in [2.24, 2.45) is 0 Å². The Morgan fingerprint density at radius 3 is 2.19 bits per heavy atom. The lowest BCUT2D eigenvalue weighted by Crippen LogP contribution is -2.43. The summed E-state index contributed by atoms with van der Waals surface area (Å²) in [4.78, 5) is 4.61. The molecule has 1 aromatic heterocycles. The third kappa shape index (κ3) is 2.64. The molecule has 0 spiro atoms. The van der Waals surface area contributed by atoms with E-state index in [0.717, 1.165) is 16.8 Å². The first kappa shape index (κ1) is 16.7. The summed E-state index contributed by atoms with van der Waals surface area (Å²) in [5.74, 6) is -0.634. The van der Waals surface area contributed by atoms with Gasteiger partial charge < -0.3 is 0 Å². The Kier molecular flexibility index (Phi) is 3.75. The average molecular weight is 357 g/mol. The predicted octanol–water partition coefficient (Wildman–Crippen LogP) is 7.11. The van der Waals surface area contributed by atoms with Crippen LogP contribution in [0, 0.1) is 0 Å². The van der Waals surface area contributed by atoms with E-state index in [4.69, 9.17) is 1.37 Å². The number of hydrogen-bond donors (Lipinski definition) is 0. The molecular formula is C26H29N. The molecule has 0 bridgehead atoms. The van der Waals surface area contributed by atoms with Crippen LogP contribution in [0.15, 0.2) is 60.8 Å². The number of rotatable bonds is 2. The van der Waals surface area contributed by atoms with E-state index in [9.17, 15) is 0 Å². The quantitative estimate of drug-likeness (QED) is 0.477. The van der Waals surface area contributed by atoms with Crippen molar-refractivity contribution in [1.29, 1.82) is 0 Å². The van der Waals surface area contributed by atoms with Gasteiger partial charge in [-0.25, -0.2) is 0 Å². The number of benzene rings is 2. The van der Waals surface area contributed by atoms with Crippen LogP contribution < -0.4 is 0 Å².